The van der Waals surface area contributed by atoms with Crippen LogP contribution in [-0.2, 0) is 0 Å². The van der Waals surface area contributed by atoms with Crippen molar-refractivity contribution < 1.29 is 4.79 Å². The number of nitrogens with two attached hydrogens (primary N) is 1. The lowest BCUT2D eigenvalue weighted by Crippen LogP contribution is -2.19. The number of hydrogen-bond donors (Lipinski definition) is 2. The molecule has 58 valence electrons. The van der Waals surface area contributed by atoms with E-state index in [-0.39, 0.29) is 16.9 Å². The summed E-state index contributed by atoms with van der Waals surface area (Å²) in [5.74, 6) is -0.649. The molecule has 0 radical (unpaired) electrons. The Morgan fingerprint density at radius 3 is 2.82 bits per heavy atom. The molecule has 1 heterocycles. The van der Waals surface area contributed by atoms with Gasteiger partial charge in [-0.05, 0) is 6.92 Å². The minimum absolute atomic E-state index is 0.0714. The molecular formula is C6H7N3O2. The summed E-state index contributed by atoms with van der Waals surface area (Å²) < 4.78 is 0. The Kier molecular flexibility index (Phi) is 1.72. The quantitative estimate of drug-likeness (QED) is 0.552. The van der Waals surface area contributed by atoms with Crippen molar-refractivity contribution in [3.63, 3.8) is 0 Å². The zero-order valence-corrected chi connectivity index (χ0v) is 5.92. The Hall–Kier alpha value is -1.65. The van der Waals surface area contributed by atoms with E-state index in [0.29, 0.717) is 0 Å². The molecule has 1 rings (SSSR count). The lowest BCUT2D eigenvalue weighted by Gasteiger charge is -1.93. The van der Waals surface area contributed by atoms with Crippen LogP contribution in [-0.4, -0.2) is 15.9 Å². The van der Waals surface area contributed by atoms with E-state index in [1.54, 1.807) is 0 Å². The third-order valence-electron chi connectivity index (χ3n) is 1.21. The van der Waals surface area contributed by atoms with Gasteiger partial charge in [0.05, 0.1) is 0 Å². The van der Waals surface area contributed by atoms with Gasteiger partial charge in [-0.2, -0.15) is 0 Å². The average molecular weight is 153 g/mol. The predicted molar refractivity (Wildman–Crippen MR) is 38.1 cm³/mol. The molecule has 0 spiro atoms. The van der Waals surface area contributed by atoms with Crippen LogP contribution in [0.1, 0.15) is 16.2 Å². The fourth-order valence-electron chi connectivity index (χ4n) is 0.628. The Morgan fingerprint density at radius 2 is 2.36 bits per heavy atom. The van der Waals surface area contributed by atoms with Crippen molar-refractivity contribution in [2.75, 3.05) is 0 Å². The highest BCUT2D eigenvalue weighted by atomic mass is 16.1. The first-order valence-corrected chi connectivity index (χ1v) is 2.97. The number of aromatic nitrogens is 2. The molecule has 5 nitrogen and oxygen atoms in total. The third kappa shape index (κ3) is 1.43. The zero-order valence-electron chi connectivity index (χ0n) is 5.92. The van der Waals surface area contributed by atoms with Gasteiger partial charge in [0.25, 0.3) is 11.5 Å². The summed E-state index contributed by atoms with van der Waals surface area (Å²) in [5.41, 5.74) is 4.91. The van der Waals surface area contributed by atoms with Gasteiger partial charge >= 0.3 is 0 Å². The molecule has 1 aromatic rings. The van der Waals surface area contributed by atoms with Crippen molar-refractivity contribution in [2.45, 2.75) is 6.92 Å². The fourth-order valence-corrected chi connectivity index (χ4v) is 0.628. The maximum absolute atomic E-state index is 10.7. The van der Waals surface area contributed by atoms with E-state index in [0.717, 1.165) is 0 Å². The Balaban J connectivity index is 3.26. The fraction of sp³-hybridized carbons (Fsp3) is 0.167. The molecule has 0 fully saturated rings. The first kappa shape index (κ1) is 7.46. The number of primary amides is 1. The first-order valence-electron chi connectivity index (χ1n) is 2.97. The number of aryl methyl sites for hydroxylation is 1. The van der Waals surface area contributed by atoms with Gasteiger partial charge in [0.1, 0.15) is 11.4 Å². The highest BCUT2D eigenvalue weighted by Crippen LogP contribution is 1.87. The molecule has 0 unspecified atom stereocenters. The molecule has 3 N–H and O–H groups in total. The van der Waals surface area contributed by atoms with Crippen LogP contribution < -0.4 is 11.3 Å². The van der Waals surface area contributed by atoms with Gasteiger partial charge in [-0.3, -0.25) is 9.59 Å². The number of H-pyrrole nitrogens is 1. The number of aromatic amines is 1. The van der Waals surface area contributed by atoms with Crippen molar-refractivity contribution in [1.82, 2.24) is 9.97 Å². The molecule has 0 aliphatic rings. The van der Waals surface area contributed by atoms with Crippen LogP contribution in [0.2, 0.25) is 0 Å². The number of nitrogens with zero attached hydrogens (tertiary/aromatic N) is 1. The SMILES string of the molecule is Cc1nc(C(N)=O)c[nH]c1=O. The van der Waals surface area contributed by atoms with Crippen molar-refractivity contribution in [1.29, 1.82) is 0 Å². The Labute approximate surface area is 62.3 Å². The monoisotopic (exact) mass is 153 g/mol. The van der Waals surface area contributed by atoms with Crippen LogP contribution in [0.4, 0.5) is 0 Å². The minimum atomic E-state index is -0.649. The standard InChI is InChI=1S/C6H7N3O2/c1-3-6(11)8-2-4(9-3)5(7)10/h2H,1H3,(H2,7,10)(H,8,11). The largest absolute Gasteiger partial charge is 0.364 e. The second-order valence-electron chi connectivity index (χ2n) is 2.06. The molecule has 5 heteroatoms. The third-order valence-corrected chi connectivity index (χ3v) is 1.21. The maximum Gasteiger partial charge on any atom is 0.269 e. The van der Waals surface area contributed by atoms with Crippen LogP contribution in [0.3, 0.4) is 0 Å². The average Bonchev–Trinajstić information content (AvgIpc) is 1.94. The maximum atomic E-state index is 10.7. The minimum Gasteiger partial charge on any atom is -0.364 e. The van der Waals surface area contributed by atoms with Gasteiger partial charge in [-0.25, -0.2) is 4.98 Å². The molecule has 0 atom stereocenters. The molecule has 1 aromatic heterocycles. The summed E-state index contributed by atoms with van der Waals surface area (Å²) in [6.07, 6.45) is 1.19. The number of carbonyl (C=O) groups is 1. The first-order chi connectivity index (χ1) is 5.11. The number of nitrogens with one attached hydrogen (secondary N) is 1. The van der Waals surface area contributed by atoms with Crippen molar-refractivity contribution in [2.24, 2.45) is 5.73 Å². The number of amides is 1. The van der Waals surface area contributed by atoms with Gasteiger partial charge in [0.15, 0.2) is 0 Å². The normalized spacial score (nSPS) is 9.55. The van der Waals surface area contributed by atoms with E-state index in [1.165, 1.54) is 13.1 Å². The summed E-state index contributed by atoms with van der Waals surface area (Å²) in [5, 5.41) is 0. The molecule has 0 saturated carbocycles. The van der Waals surface area contributed by atoms with Crippen LogP contribution in [0.15, 0.2) is 11.0 Å². The smallest absolute Gasteiger partial charge is 0.269 e. The van der Waals surface area contributed by atoms with Gasteiger partial charge in [0, 0.05) is 6.20 Å². The Bertz CT molecular complexity index is 342. The molecular weight excluding hydrogens is 146 g/mol. The summed E-state index contributed by atoms with van der Waals surface area (Å²) >= 11 is 0. The highest BCUT2D eigenvalue weighted by molar-refractivity contribution is 5.90. The van der Waals surface area contributed by atoms with Gasteiger partial charge in [0.2, 0.25) is 0 Å². The van der Waals surface area contributed by atoms with E-state index >= 15 is 0 Å². The van der Waals surface area contributed by atoms with E-state index < -0.39 is 5.91 Å². The Morgan fingerprint density at radius 1 is 1.73 bits per heavy atom. The summed E-state index contributed by atoms with van der Waals surface area (Å²) in [4.78, 5) is 27.2. The van der Waals surface area contributed by atoms with E-state index in [4.69, 9.17) is 5.73 Å². The lowest BCUT2D eigenvalue weighted by atomic mass is 10.4. The highest BCUT2D eigenvalue weighted by Gasteiger charge is 2.02. The van der Waals surface area contributed by atoms with E-state index in [1.807, 2.05) is 0 Å². The van der Waals surface area contributed by atoms with Crippen molar-refractivity contribution >= 4 is 5.91 Å². The van der Waals surface area contributed by atoms with Gasteiger partial charge < -0.3 is 10.7 Å². The molecule has 0 bridgehead atoms. The molecule has 0 saturated heterocycles. The van der Waals surface area contributed by atoms with Crippen LogP contribution >= 0.6 is 0 Å². The van der Waals surface area contributed by atoms with Crippen molar-refractivity contribution in [3.8, 4) is 0 Å². The van der Waals surface area contributed by atoms with Gasteiger partial charge in [-0.15, -0.1) is 0 Å². The number of rotatable bonds is 1. The lowest BCUT2D eigenvalue weighted by molar-refractivity contribution is 0.0995. The number of hydrogen-bond acceptors (Lipinski definition) is 3. The molecule has 0 aliphatic carbocycles. The molecule has 11 heavy (non-hydrogen) atoms. The summed E-state index contributed by atoms with van der Waals surface area (Å²) in [6.45, 7) is 1.51. The molecule has 0 aliphatic heterocycles. The topological polar surface area (TPSA) is 88.8 Å². The van der Waals surface area contributed by atoms with Crippen LogP contribution in [0.25, 0.3) is 0 Å². The van der Waals surface area contributed by atoms with Crippen LogP contribution in [0.5, 0.6) is 0 Å². The summed E-state index contributed by atoms with van der Waals surface area (Å²) in [6, 6.07) is 0. The number of carbonyl (C=O) groups excluding carboxylic acids is 1. The summed E-state index contributed by atoms with van der Waals surface area (Å²) in [7, 11) is 0. The van der Waals surface area contributed by atoms with E-state index in [9.17, 15) is 9.59 Å². The zero-order chi connectivity index (χ0) is 8.43. The molecule has 1 amide bonds. The van der Waals surface area contributed by atoms with Crippen LogP contribution in [0, 0.1) is 6.92 Å². The van der Waals surface area contributed by atoms with Crippen molar-refractivity contribution in [3.05, 3.63) is 27.9 Å². The second kappa shape index (κ2) is 2.53. The predicted octanol–water partition coefficient (Wildman–Crippen LogP) is -0.823. The second-order valence-corrected chi connectivity index (χ2v) is 2.06. The van der Waals surface area contributed by atoms with Gasteiger partial charge in [-0.1, -0.05) is 0 Å². The van der Waals surface area contributed by atoms with E-state index in [2.05, 4.69) is 9.97 Å². The molecule has 0 aromatic carbocycles.